The number of hydrogen-bond acceptors (Lipinski definition) is 3. The molecule has 2 rings (SSSR count). The van der Waals surface area contributed by atoms with E-state index >= 15 is 0 Å². The van der Waals surface area contributed by atoms with Crippen molar-refractivity contribution in [2.24, 2.45) is 5.92 Å². The Morgan fingerprint density at radius 1 is 1.53 bits per heavy atom. The monoisotopic (exact) mass is 244 g/mol. The summed E-state index contributed by atoms with van der Waals surface area (Å²) in [5.74, 6) is 1.40. The van der Waals surface area contributed by atoms with Crippen molar-refractivity contribution >= 4 is 28.1 Å². The van der Waals surface area contributed by atoms with Crippen molar-refractivity contribution in [3.05, 3.63) is 11.1 Å². The fraction of sp³-hybridized carbons (Fsp3) is 0.727. The second kappa shape index (κ2) is 5.17. The number of hydrogen-bond donors (Lipinski definition) is 0. The van der Waals surface area contributed by atoms with E-state index in [1.165, 1.54) is 25.7 Å². The van der Waals surface area contributed by atoms with Gasteiger partial charge in [-0.1, -0.05) is 12.8 Å². The van der Waals surface area contributed by atoms with Gasteiger partial charge in [-0.2, -0.15) is 0 Å². The maximum absolute atomic E-state index is 5.74. The zero-order valence-corrected chi connectivity index (χ0v) is 10.7. The van der Waals surface area contributed by atoms with Gasteiger partial charge >= 0.3 is 0 Å². The molecule has 0 bridgehead atoms. The first kappa shape index (κ1) is 11.2. The molecule has 0 saturated heterocycles. The van der Waals surface area contributed by atoms with E-state index in [4.69, 9.17) is 11.6 Å². The molecule has 1 aliphatic rings. The molecule has 1 heterocycles. The molecule has 1 aromatic heterocycles. The Balaban J connectivity index is 1.91. The van der Waals surface area contributed by atoms with Crippen LogP contribution < -0.4 is 4.90 Å². The van der Waals surface area contributed by atoms with Crippen LogP contribution in [0.25, 0.3) is 0 Å². The normalized spacial score (nSPS) is 17.2. The fourth-order valence-electron chi connectivity index (χ4n) is 2.19. The third-order valence-corrected chi connectivity index (χ3v) is 4.29. The summed E-state index contributed by atoms with van der Waals surface area (Å²) in [6.07, 6.45) is 5.59. The van der Waals surface area contributed by atoms with Crippen LogP contribution in [0, 0.1) is 5.92 Å². The SMILES string of the molecule is CN(CC1CCCC1)c1nc(CCl)cs1. The van der Waals surface area contributed by atoms with Crippen molar-refractivity contribution in [1.29, 1.82) is 0 Å². The van der Waals surface area contributed by atoms with E-state index in [1.807, 2.05) is 5.38 Å². The molecule has 0 N–H and O–H groups in total. The lowest BCUT2D eigenvalue weighted by Gasteiger charge is -2.19. The Hall–Kier alpha value is -0.280. The van der Waals surface area contributed by atoms with E-state index in [0.29, 0.717) is 5.88 Å². The first-order chi connectivity index (χ1) is 7.29. The smallest absolute Gasteiger partial charge is 0.185 e. The third-order valence-electron chi connectivity index (χ3n) is 3.01. The van der Waals surface area contributed by atoms with Crippen molar-refractivity contribution in [2.45, 2.75) is 31.6 Å². The number of anilines is 1. The van der Waals surface area contributed by atoms with Crippen LogP contribution in [-0.2, 0) is 5.88 Å². The maximum atomic E-state index is 5.74. The minimum Gasteiger partial charge on any atom is -0.351 e. The molecule has 2 nitrogen and oxygen atoms in total. The lowest BCUT2D eigenvalue weighted by molar-refractivity contribution is 0.546. The molecule has 1 aromatic rings. The van der Waals surface area contributed by atoms with Crippen molar-refractivity contribution in [1.82, 2.24) is 4.98 Å². The van der Waals surface area contributed by atoms with Crippen molar-refractivity contribution in [3.8, 4) is 0 Å². The van der Waals surface area contributed by atoms with Crippen LogP contribution >= 0.6 is 22.9 Å². The molecule has 1 fully saturated rings. The van der Waals surface area contributed by atoms with Crippen LogP contribution in [0.2, 0.25) is 0 Å². The first-order valence-electron chi connectivity index (χ1n) is 5.51. The second-order valence-corrected chi connectivity index (χ2v) is 5.39. The van der Waals surface area contributed by atoms with E-state index in [2.05, 4.69) is 16.9 Å². The highest BCUT2D eigenvalue weighted by molar-refractivity contribution is 7.13. The zero-order chi connectivity index (χ0) is 10.7. The molecule has 0 radical (unpaired) electrons. The Labute approximate surface area is 100 Å². The van der Waals surface area contributed by atoms with Crippen molar-refractivity contribution in [3.63, 3.8) is 0 Å². The number of nitrogens with zero attached hydrogens (tertiary/aromatic N) is 2. The molecule has 0 unspecified atom stereocenters. The Kier molecular flexibility index (Phi) is 3.87. The number of aromatic nitrogens is 1. The summed E-state index contributed by atoms with van der Waals surface area (Å²) >= 11 is 7.44. The number of halogens is 1. The summed E-state index contributed by atoms with van der Waals surface area (Å²) in [7, 11) is 2.13. The summed E-state index contributed by atoms with van der Waals surface area (Å²) < 4.78 is 0. The summed E-state index contributed by atoms with van der Waals surface area (Å²) in [6, 6.07) is 0. The van der Waals surface area contributed by atoms with E-state index in [-0.39, 0.29) is 0 Å². The predicted molar refractivity (Wildman–Crippen MR) is 66.9 cm³/mol. The molecule has 4 heteroatoms. The van der Waals surface area contributed by atoms with E-state index in [1.54, 1.807) is 11.3 Å². The summed E-state index contributed by atoms with van der Waals surface area (Å²) in [6.45, 7) is 1.15. The first-order valence-corrected chi connectivity index (χ1v) is 6.92. The molecule has 1 aliphatic carbocycles. The molecule has 1 saturated carbocycles. The second-order valence-electron chi connectivity index (χ2n) is 4.29. The molecule has 0 aromatic carbocycles. The average Bonchev–Trinajstić information content (AvgIpc) is 2.86. The quantitative estimate of drug-likeness (QED) is 0.754. The van der Waals surface area contributed by atoms with Gasteiger partial charge in [0.1, 0.15) is 0 Å². The van der Waals surface area contributed by atoms with Gasteiger partial charge in [-0.25, -0.2) is 4.98 Å². The Morgan fingerprint density at radius 2 is 2.27 bits per heavy atom. The van der Waals surface area contributed by atoms with Crippen molar-refractivity contribution in [2.75, 3.05) is 18.5 Å². The largest absolute Gasteiger partial charge is 0.351 e. The van der Waals surface area contributed by atoms with Crippen molar-refractivity contribution < 1.29 is 0 Å². The van der Waals surface area contributed by atoms with Crippen LogP contribution in [0.4, 0.5) is 5.13 Å². The van der Waals surface area contributed by atoms with Crippen LogP contribution in [0.15, 0.2) is 5.38 Å². The Bertz CT molecular complexity index is 307. The number of thiazole rings is 1. The van der Waals surface area contributed by atoms with E-state index < -0.39 is 0 Å². The molecular formula is C11H17ClN2S. The standard InChI is InChI=1S/C11H17ClN2S/c1-14(7-9-4-2-3-5-9)11-13-10(6-12)8-15-11/h8-9H,2-7H2,1H3. The van der Waals surface area contributed by atoms with Gasteiger partial charge in [0.05, 0.1) is 11.6 Å². The van der Waals surface area contributed by atoms with E-state index in [0.717, 1.165) is 23.3 Å². The summed E-state index contributed by atoms with van der Waals surface area (Å²) in [5.41, 5.74) is 0.995. The predicted octanol–water partition coefficient (Wildman–Crippen LogP) is 3.51. The lowest BCUT2D eigenvalue weighted by Crippen LogP contribution is -2.23. The van der Waals surface area contributed by atoms with Gasteiger partial charge in [-0.3, -0.25) is 0 Å². The Morgan fingerprint density at radius 3 is 2.87 bits per heavy atom. The van der Waals surface area contributed by atoms with Gasteiger partial charge < -0.3 is 4.90 Å². The van der Waals surface area contributed by atoms with Gasteiger partial charge in [0.15, 0.2) is 5.13 Å². The van der Waals surface area contributed by atoms with Gasteiger partial charge in [-0.05, 0) is 18.8 Å². The molecule has 0 aliphatic heterocycles. The highest BCUT2D eigenvalue weighted by Gasteiger charge is 2.18. The van der Waals surface area contributed by atoms with Crippen LogP contribution in [0.1, 0.15) is 31.4 Å². The highest BCUT2D eigenvalue weighted by Crippen LogP contribution is 2.28. The molecule has 0 atom stereocenters. The fourth-order valence-corrected chi connectivity index (χ4v) is 3.22. The van der Waals surface area contributed by atoms with E-state index in [9.17, 15) is 0 Å². The molecule has 84 valence electrons. The number of rotatable bonds is 4. The van der Waals surface area contributed by atoms with Crippen LogP contribution in [0.3, 0.4) is 0 Å². The lowest BCUT2D eigenvalue weighted by atomic mass is 10.1. The summed E-state index contributed by atoms with van der Waals surface area (Å²) in [4.78, 5) is 6.76. The molecule has 0 spiro atoms. The minimum absolute atomic E-state index is 0.522. The van der Waals surface area contributed by atoms with Crippen LogP contribution in [-0.4, -0.2) is 18.6 Å². The zero-order valence-electron chi connectivity index (χ0n) is 9.08. The topological polar surface area (TPSA) is 16.1 Å². The molecular weight excluding hydrogens is 228 g/mol. The van der Waals surface area contributed by atoms with Crippen LogP contribution in [0.5, 0.6) is 0 Å². The molecule has 0 amide bonds. The minimum atomic E-state index is 0.522. The summed E-state index contributed by atoms with van der Waals surface area (Å²) in [5, 5.41) is 3.16. The van der Waals surface area contributed by atoms with Gasteiger partial charge in [0, 0.05) is 19.0 Å². The van der Waals surface area contributed by atoms with Gasteiger partial charge in [0.2, 0.25) is 0 Å². The van der Waals surface area contributed by atoms with Gasteiger partial charge in [-0.15, -0.1) is 22.9 Å². The highest BCUT2D eigenvalue weighted by atomic mass is 35.5. The third kappa shape index (κ3) is 2.85. The van der Waals surface area contributed by atoms with Gasteiger partial charge in [0.25, 0.3) is 0 Å². The molecule has 15 heavy (non-hydrogen) atoms. The number of alkyl halides is 1. The maximum Gasteiger partial charge on any atom is 0.185 e. The average molecular weight is 245 g/mol.